The number of hydrogen-bond donors (Lipinski definition) is 1. The second kappa shape index (κ2) is 9.62. The van der Waals surface area contributed by atoms with Crippen molar-refractivity contribution in [1.29, 1.82) is 0 Å². The van der Waals surface area contributed by atoms with Gasteiger partial charge in [0.05, 0.1) is 0 Å². The van der Waals surface area contributed by atoms with Crippen LogP contribution < -0.4 is 15.0 Å². The maximum atomic E-state index is 12.6. The monoisotopic (exact) mass is 482 g/mol. The maximum Gasteiger partial charge on any atom is 0.422 e. The average Bonchev–Trinajstić information content (AvgIpc) is 3.32. The number of halogens is 4. The van der Waals surface area contributed by atoms with Crippen molar-refractivity contribution in [3.63, 3.8) is 0 Å². The van der Waals surface area contributed by atoms with Crippen LogP contribution in [0.1, 0.15) is 26.7 Å². The number of pyridine rings is 2. The van der Waals surface area contributed by atoms with Gasteiger partial charge >= 0.3 is 6.18 Å². The molecule has 1 fully saturated rings. The van der Waals surface area contributed by atoms with E-state index in [4.69, 9.17) is 16.3 Å². The van der Waals surface area contributed by atoms with Crippen LogP contribution in [0.2, 0.25) is 5.15 Å². The normalized spacial score (nSPS) is 20.8. The molecule has 1 N–H and O–H groups in total. The first kappa shape index (κ1) is 23.4. The Hall–Kier alpha value is -2.75. The van der Waals surface area contributed by atoms with E-state index in [9.17, 15) is 13.2 Å². The SMILES string of the molecule is CCN(C[C@@H]1CC(C)C[C@H]1Nc1nc2c(OCC(F)(F)F)cccn2n1)c1ccnc(Cl)c1. The summed E-state index contributed by atoms with van der Waals surface area (Å²) < 4.78 is 44.1. The van der Waals surface area contributed by atoms with E-state index in [2.05, 4.69) is 39.1 Å². The van der Waals surface area contributed by atoms with Gasteiger partial charge in [-0.1, -0.05) is 18.5 Å². The van der Waals surface area contributed by atoms with Gasteiger partial charge < -0.3 is 15.0 Å². The van der Waals surface area contributed by atoms with Crippen LogP contribution >= 0.6 is 11.6 Å². The number of aromatic nitrogens is 4. The van der Waals surface area contributed by atoms with E-state index in [-0.39, 0.29) is 17.4 Å². The Morgan fingerprint density at radius 2 is 2.12 bits per heavy atom. The molecule has 0 amide bonds. The van der Waals surface area contributed by atoms with E-state index in [0.717, 1.165) is 31.6 Å². The van der Waals surface area contributed by atoms with Crippen molar-refractivity contribution < 1.29 is 17.9 Å². The summed E-state index contributed by atoms with van der Waals surface area (Å²) in [5.74, 6) is 1.27. The van der Waals surface area contributed by atoms with Gasteiger partial charge in [0.15, 0.2) is 18.0 Å². The number of nitrogens with zero attached hydrogens (tertiary/aromatic N) is 5. The van der Waals surface area contributed by atoms with Crippen molar-refractivity contribution in [2.75, 3.05) is 29.9 Å². The summed E-state index contributed by atoms with van der Waals surface area (Å²) in [5, 5.41) is 8.28. The molecule has 4 rings (SSSR count). The molecule has 7 nitrogen and oxygen atoms in total. The third-order valence-electron chi connectivity index (χ3n) is 5.87. The zero-order valence-corrected chi connectivity index (χ0v) is 19.1. The van der Waals surface area contributed by atoms with Crippen LogP contribution in [0.25, 0.3) is 5.65 Å². The lowest BCUT2D eigenvalue weighted by Crippen LogP contribution is -2.36. The van der Waals surface area contributed by atoms with E-state index in [1.54, 1.807) is 18.5 Å². The van der Waals surface area contributed by atoms with Gasteiger partial charge in [0.25, 0.3) is 0 Å². The van der Waals surface area contributed by atoms with Crippen molar-refractivity contribution in [1.82, 2.24) is 19.6 Å². The number of ether oxygens (including phenoxy) is 1. The number of fused-ring (bicyclic) bond motifs is 1. The molecule has 0 aliphatic heterocycles. The van der Waals surface area contributed by atoms with Gasteiger partial charge in [-0.25, -0.2) is 9.50 Å². The molecular weight excluding hydrogens is 457 g/mol. The predicted molar refractivity (Wildman–Crippen MR) is 121 cm³/mol. The van der Waals surface area contributed by atoms with E-state index in [1.165, 1.54) is 10.6 Å². The first-order chi connectivity index (χ1) is 15.7. The van der Waals surface area contributed by atoms with E-state index < -0.39 is 12.8 Å². The summed E-state index contributed by atoms with van der Waals surface area (Å²) in [4.78, 5) is 10.7. The first-order valence-electron chi connectivity index (χ1n) is 10.9. The molecule has 0 aromatic carbocycles. The fraction of sp³-hybridized carbons (Fsp3) is 0.500. The van der Waals surface area contributed by atoms with E-state index in [1.807, 2.05) is 12.1 Å². The molecule has 33 heavy (non-hydrogen) atoms. The Kier molecular flexibility index (Phi) is 6.83. The minimum absolute atomic E-state index is 0.0402. The fourth-order valence-electron chi connectivity index (χ4n) is 4.45. The molecule has 3 atom stereocenters. The number of nitrogens with one attached hydrogen (secondary N) is 1. The number of hydrogen-bond acceptors (Lipinski definition) is 6. The van der Waals surface area contributed by atoms with Gasteiger partial charge in [-0.2, -0.15) is 18.2 Å². The molecule has 1 saturated carbocycles. The van der Waals surface area contributed by atoms with E-state index >= 15 is 0 Å². The Morgan fingerprint density at radius 1 is 1.30 bits per heavy atom. The Labute approximate surface area is 194 Å². The molecular formula is C22H26ClF3N6O. The molecule has 11 heteroatoms. The Morgan fingerprint density at radius 3 is 2.85 bits per heavy atom. The molecule has 0 spiro atoms. The number of alkyl halides is 3. The highest BCUT2D eigenvalue weighted by Crippen LogP contribution is 2.34. The molecule has 3 aromatic rings. The average molecular weight is 483 g/mol. The van der Waals surface area contributed by atoms with Crippen molar-refractivity contribution in [3.8, 4) is 5.75 Å². The van der Waals surface area contributed by atoms with Crippen molar-refractivity contribution in [2.45, 2.75) is 38.9 Å². The van der Waals surface area contributed by atoms with Crippen LogP contribution in [0.15, 0.2) is 36.7 Å². The molecule has 0 bridgehead atoms. The molecule has 0 radical (unpaired) electrons. The molecule has 178 valence electrons. The third kappa shape index (κ3) is 5.79. The largest absolute Gasteiger partial charge is 0.480 e. The van der Waals surface area contributed by atoms with Gasteiger partial charge in [0.1, 0.15) is 5.15 Å². The summed E-state index contributed by atoms with van der Waals surface area (Å²) in [7, 11) is 0. The van der Waals surface area contributed by atoms with Crippen molar-refractivity contribution >= 4 is 28.9 Å². The van der Waals surface area contributed by atoms with Gasteiger partial charge in [0.2, 0.25) is 5.95 Å². The van der Waals surface area contributed by atoms with Crippen LogP contribution in [-0.2, 0) is 0 Å². The van der Waals surface area contributed by atoms with Gasteiger partial charge in [-0.3, -0.25) is 0 Å². The maximum absolute atomic E-state index is 12.6. The zero-order valence-electron chi connectivity index (χ0n) is 18.4. The number of anilines is 2. The second-order valence-electron chi connectivity index (χ2n) is 8.44. The topological polar surface area (TPSA) is 67.6 Å². The molecule has 0 saturated heterocycles. The molecule has 3 aromatic heterocycles. The van der Waals surface area contributed by atoms with Crippen molar-refractivity contribution in [2.24, 2.45) is 11.8 Å². The van der Waals surface area contributed by atoms with Crippen LogP contribution in [0, 0.1) is 11.8 Å². The van der Waals surface area contributed by atoms with E-state index in [0.29, 0.717) is 22.9 Å². The minimum atomic E-state index is -4.43. The van der Waals surface area contributed by atoms with Crippen molar-refractivity contribution in [3.05, 3.63) is 41.8 Å². The van der Waals surface area contributed by atoms with Gasteiger partial charge in [0, 0.05) is 37.2 Å². The third-order valence-corrected chi connectivity index (χ3v) is 6.08. The summed E-state index contributed by atoms with van der Waals surface area (Å²) in [6.07, 6.45) is 0.902. The molecule has 3 heterocycles. The first-order valence-corrected chi connectivity index (χ1v) is 11.3. The van der Waals surface area contributed by atoms with Crippen LogP contribution in [0.4, 0.5) is 24.8 Å². The molecule has 1 aliphatic carbocycles. The Balaban J connectivity index is 1.50. The Bertz CT molecular complexity index is 1090. The number of rotatable bonds is 8. The summed E-state index contributed by atoms with van der Waals surface area (Å²) in [5.41, 5.74) is 1.27. The molecule has 1 aliphatic rings. The highest BCUT2D eigenvalue weighted by atomic mass is 35.5. The van der Waals surface area contributed by atoms with Crippen LogP contribution in [-0.4, -0.2) is 51.5 Å². The van der Waals surface area contributed by atoms with Crippen LogP contribution in [0.5, 0.6) is 5.75 Å². The predicted octanol–water partition coefficient (Wildman–Crippen LogP) is 5.07. The summed E-state index contributed by atoms with van der Waals surface area (Å²) in [6, 6.07) is 6.97. The zero-order chi connectivity index (χ0) is 23.6. The highest BCUT2D eigenvalue weighted by Gasteiger charge is 2.34. The lowest BCUT2D eigenvalue weighted by Gasteiger charge is -2.29. The fourth-order valence-corrected chi connectivity index (χ4v) is 4.62. The summed E-state index contributed by atoms with van der Waals surface area (Å²) >= 11 is 6.08. The lowest BCUT2D eigenvalue weighted by atomic mass is 10.0. The van der Waals surface area contributed by atoms with Gasteiger partial charge in [-0.05, 0) is 55.9 Å². The molecule has 1 unspecified atom stereocenters. The second-order valence-corrected chi connectivity index (χ2v) is 8.83. The smallest absolute Gasteiger partial charge is 0.422 e. The lowest BCUT2D eigenvalue weighted by molar-refractivity contribution is -0.153. The standard InChI is InChI=1S/C22H26ClF3N6O/c1-3-31(16-6-7-27-19(23)11-16)12-15-9-14(2)10-17(15)28-21-29-20-18(33-13-22(24,25)26)5-4-8-32(20)30-21/h4-8,11,14-15,17H,3,9-10,12-13H2,1-2H3,(H,28,30)/t14?,15-,17+/m0/s1. The minimum Gasteiger partial charge on any atom is -0.480 e. The van der Waals surface area contributed by atoms with Gasteiger partial charge in [-0.15, -0.1) is 5.10 Å². The quantitative estimate of drug-likeness (QED) is 0.452. The van der Waals surface area contributed by atoms with Crippen LogP contribution in [0.3, 0.4) is 0 Å². The summed E-state index contributed by atoms with van der Waals surface area (Å²) in [6.45, 7) is 4.59. The highest BCUT2D eigenvalue weighted by molar-refractivity contribution is 6.29.